The Bertz CT molecular complexity index is 1280. The van der Waals surface area contributed by atoms with Crippen LogP contribution in [0.15, 0.2) is 17.1 Å². The average molecular weight is 657 g/mol. The van der Waals surface area contributed by atoms with Gasteiger partial charge >= 0.3 is 19.5 Å². The van der Waals surface area contributed by atoms with Crippen LogP contribution in [0.4, 0.5) is 5.82 Å². The Balaban J connectivity index is 1.80. The number of carboxylic acid groups (broad SMARTS) is 1. The zero-order valence-electron chi connectivity index (χ0n) is 23.5. The van der Waals surface area contributed by atoms with Gasteiger partial charge in [-0.1, -0.05) is 13.8 Å². The molecule has 2 saturated heterocycles. The Hall–Kier alpha value is -2.59. The van der Waals surface area contributed by atoms with E-state index in [4.69, 9.17) is 24.3 Å². The van der Waals surface area contributed by atoms with Crippen LogP contribution in [0.1, 0.15) is 32.9 Å². The molecule has 0 aliphatic carbocycles. The number of aliphatic hydroxyl groups is 6. The highest BCUT2D eigenvalue weighted by molar-refractivity contribution is 7.47. The summed E-state index contributed by atoms with van der Waals surface area (Å²) in [5.41, 5.74) is 4.48. The summed E-state index contributed by atoms with van der Waals surface area (Å²) in [6.07, 6.45) is -14.3. The quantitative estimate of drug-likeness (QED) is 0.0899. The summed E-state index contributed by atoms with van der Waals surface area (Å²) in [5.74, 6) is -6.67. The molecule has 11 N–H and O–H groups in total. The summed E-state index contributed by atoms with van der Waals surface area (Å²) in [4.78, 5) is 50.9. The van der Waals surface area contributed by atoms with Crippen LogP contribution in [0.2, 0.25) is 0 Å². The molecule has 20 nitrogen and oxygen atoms in total. The van der Waals surface area contributed by atoms with Gasteiger partial charge in [-0.25, -0.2) is 18.7 Å². The van der Waals surface area contributed by atoms with E-state index in [1.54, 1.807) is 13.8 Å². The molecule has 1 aromatic rings. The number of phosphoric acid groups is 1. The molecule has 250 valence electrons. The van der Waals surface area contributed by atoms with E-state index in [2.05, 4.69) is 10.3 Å². The van der Waals surface area contributed by atoms with Gasteiger partial charge in [0.15, 0.2) is 6.23 Å². The van der Waals surface area contributed by atoms with Crippen molar-refractivity contribution in [3.05, 3.63) is 22.7 Å². The van der Waals surface area contributed by atoms with Crippen molar-refractivity contribution in [2.24, 2.45) is 5.92 Å². The van der Waals surface area contributed by atoms with Crippen molar-refractivity contribution >= 4 is 25.5 Å². The van der Waals surface area contributed by atoms with Crippen molar-refractivity contribution in [2.45, 2.75) is 87.5 Å². The number of nitrogen functional groups attached to an aromatic ring is 1. The van der Waals surface area contributed by atoms with Gasteiger partial charge in [-0.2, -0.15) is 4.98 Å². The van der Waals surface area contributed by atoms with E-state index in [-0.39, 0.29) is 5.82 Å². The number of amides is 1. The number of nitrogens with zero attached hydrogens (tertiary/aromatic N) is 2. The number of phosphoric ester groups is 1. The molecule has 1 aromatic heterocycles. The van der Waals surface area contributed by atoms with Crippen LogP contribution < -0.4 is 16.7 Å². The number of carbonyl (C=O) groups is 2. The van der Waals surface area contributed by atoms with Crippen molar-refractivity contribution < 1.29 is 73.3 Å². The molecular weight excluding hydrogens is 619 g/mol. The van der Waals surface area contributed by atoms with Crippen LogP contribution in [0.25, 0.3) is 0 Å². The van der Waals surface area contributed by atoms with Gasteiger partial charge in [-0.15, -0.1) is 0 Å². The summed E-state index contributed by atoms with van der Waals surface area (Å²) in [6.45, 7) is 1.16. The van der Waals surface area contributed by atoms with E-state index in [9.17, 15) is 59.6 Å². The van der Waals surface area contributed by atoms with E-state index >= 15 is 0 Å². The first-order chi connectivity index (χ1) is 20.5. The van der Waals surface area contributed by atoms with Gasteiger partial charge in [-0.05, 0) is 12.5 Å². The smallest absolute Gasteiger partial charge is 0.475 e. The molecule has 1 amide bonds. The topological polar surface area (TPSA) is 323 Å². The third kappa shape index (κ3) is 7.79. The maximum atomic E-state index is 12.9. The third-order valence-electron chi connectivity index (χ3n) is 7.31. The van der Waals surface area contributed by atoms with Gasteiger partial charge in [-0.3, -0.25) is 13.9 Å². The highest BCUT2D eigenvalue weighted by Crippen LogP contribution is 2.51. The monoisotopic (exact) mass is 656 g/mol. The molecule has 0 spiro atoms. The first kappa shape index (κ1) is 35.9. The van der Waals surface area contributed by atoms with Gasteiger partial charge in [0.25, 0.3) is 5.79 Å². The fraction of sp³-hybridized carbons (Fsp3) is 0.739. The molecule has 21 heteroatoms. The lowest BCUT2D eigenvalue weighted by atomic mass is 9.88. The number of nitrogens with two attached hydrogens (primary N) is 1. The Morgan fingerprint density at radius 2 is 1.95 bits per heavy atom. The number of rotatable bonds is 13. The number of aromatic nitrogens is 2. The summed E-state index contributed by atoms with van der Waals surface area (Å²) in [6, 6.07) is -0.369. The molecule has 0 aromatic carbocycles. The Labute approximate surface area is 249 Å². The zero-order chi connectivity index (χ0) is 33.1. The largest absolute Gasteiger partial charge is 0.477 e. The highest BCUT2D eigenvalue weighted by Gasteiger charge is 2.59. The minimum absolute atomic E-state index is 0.134. The highest BCUT2D eigenvalue weighted by atomic mass is 31.2. The molecule has 0 saturated carbocycles. The van der Waals surface area contributed by atoms with E-state index in [1.807, 2.05) is 0 Å². The molecule has 3 heterocycles. The number of hydrogen-bond donors (Lipinski definition) is 10. The van der Waals surface area contributed by atoms with Crippen molar-refractivity contribution in [1.29, 1.82) is 0 Å². The molecule has 12 atom stereocenters. The number of nitrogens with one attached hydrogen (secondary N) is 1. The van der Waals surface area contributed by atoms with Crippen molar-refractivity contribution in [1.82, 2.24) is 14.9 Å². The zero-order valence-corrected chi connectivity index (χ0v) is 24.4. The Morgan fingerprint density at radius 1 is 1.30 bits per heavy atom. The summed E-state index contributed by atoms with van der Waals surface area (Å²) in [5, 5.41) is 73.8. The summed E-state index contributed by atoms with van der Waals surface area (Å²) < 4.78 is 34.1. The molecule has 2 aliphatic rings. The second-order valence-corrected chi connectivity index (χ2v) is 11.8. The summed E-state index contributed by atoms with van der Waals surface area (Å²) >= 11 is 0. The SMILES string of the molecule is CCC(C)C(=O)NC1C(O)CC(OP(=O)(O)OC[C@H]2O[C@@H](n3ccc(N)nc3=O)[C@H](O)[C@@H]2O)(C(=O)O)OC1C(O)C(O)CO. The lowest BCUT2D eigenvalue weighted by molar-refractivity contribution is -0.289. The fourth-order valence-electron chi connectivity index (χ4n) is 4.57. The van der Waals surface area contributed by atoms with Crippen molar-refractivity contribution in [3.8, 4) is 0 Å². The van der Waals surface area contributed by atoms with E-state index in [1.165, 1.54) is 6.07 Å². The van der Waals surface area contributed by atoms with Gasteiger partial charge in [0.05, 0.1) is 25.4 Å². The van der Waals surface area contributed by atoms with Crippen LogP contribution in [0.5, 0.6) is 0 Å². The van der Waals surface area contributed by atoms with Crippen LogP contribution in [0, 0.1) is 5.92 Å². The molecular formula is C23H37N4O16P. The molecule has 8 unspecified atom stereocenters. The summed E-state index contributed by atoms with van der Waals surface area (Å²) in [7, 11) is -5.54. The van der Waals surface area contributed by atoms with Crippen molar-refractivity contribution in [3.63, 3.8) is 0 Å². The number of aliphatic carboxylic acids is 1. The lowest BCUT2D eigenvalue weighted by Crippen LogP contribution is -2.68. The number of carboxylic acids is 1. The number of carbonyl (C=O) groups excluding carboxylic acids is 1. The number of ether oxygens (including phenoxy) is 2. The van der Waals surface area contributed by atoms with Gasteiger partial charge in [0.1, 0.15) is 42.4 Å². The van der Waals surface area contributed by atoms with Crippen LogP contribution in [0.3, 0.4) is 0 Å². The van der Waals surface area contributed by atoms with Gasteiger partial charge in [0, 0.05) is 18.5 Å². The second-order valence-electron chi connectivity index (χ2n) is 10.4. The molecule has 3 rings (SSSR count). The third-order valence-corrected chi connectivity index (χ3v) is 8.31. The first-order valence-corrected chi connectivity index (χ1v) is 14.9. The fourth-order valence-corrected chi connectivity index (χ4v) is 5.53. The maximum Gasteiger partial charge on any atom is 0.475 e. The van der Waals surface area contributed by atoms with Crippen LogP contribution in [-0.4, -0.2) is 130 Å². The van der Waals surface area contributed by atoms with E-state index in [0.29, 0.717) is 6.42 Å². The average Bonchev–Trinajstić information content (AvgIpc) is 3.24. The predicted octanol–water partition coefficient (Wildman–Crippen LogP) is -4.25. The molecule has 44 heavy (non-hydrogen) atoms. The normalized spacial score (nSPS) is 34.1. The van der Waals surface area contributed by atoms with Crippen LogP contribution in [-0.2, 0) is 32.7 Å². The van der Waals surface area contributed by atoms with Crippen LogP contribution >= 0.6 is 7.82 Å². The molecule has 2 aliphatic heterocycles. The second kappa shape index (κ2) is 14.2. The molecule has 0 radical (unpaired) electrons. The number of hydrogen-bond acceptors (Lipinski definition) is 16. The Morgan fingerprint density at radius 3 is 2.52 bits per heavy atom. The molecule has 2 fully saturated rings. The van der Waals surface area contributed by atoms with E-state index in [0.717, 1.165) is 10.8 Å². The molecule has 0 bridgehead atoms. The predicted molar refractivity (Wildman–Crippen MR) is 142 cm³/mol. The minimum Gasteiger partial charge on any atom is -0.477 e. The number of anilines is 1. The van der Waals surface area contributed by atoms with Gasteiger partial charge < -0.3 is 61.2 Å². The Kier molecular flexibility index (Phi) is 11.6. The first-order valence-electron chi connectivity index (χ1n) is 13.4. The minimum atomic E-state index is -5.54. The standard InChI is InChI=1S/C23H37N4O16P/c1-3-9(2)19(34)26-14-10(29)6-23(21(35)36,42-18(14)15(31)11(30)7-28)43-44(38,39)40-8-12-16(32)17(33)20(41-12)27-5-4-13(24)25-22(27)37/h4-5,9-12,14-18,20,28-33H,3,6-8H2,1-2H3,(H,26,34)(H,35,36)(H,38,39)(H2,24,25,37)/t9?,10?,11?,12-,14?,15?,16-,17-,18?,20-,23?/m1/s1. The van der Waals surface area contributed by atoms with Crippen molar-refractivity contribution in [2.75, 3.05) is 18.9 Å². The van der Waals surface area contributed by atoms with Gasteiger partial charge in [0.2, 0.25) is 5.91 Å². The number of aliphatic hydroxyl groups excluding tert-OH is 6. The van der Waals surface area contributed by atoms with E-state index < -0.39 is 112 Å². The lowest BCUT2D eigenvalue weighted by Gasteiger charge is -2.46. The maximum absolute atomic E-state index is 12.9.